The molecule has 0 heterocycles. The van der Waals surface area contributed by atoms with Crippen molar-refractivity contribution in [1.82, 2.24) is 0 Å². The van der Waals surface area contributed by atoms with Crippen molar-refractivity contribution in [1.29, 1.82) is 0 Å². The summed E-state index contributed by atoms with van der Waals surface area (Å²) in [4.78, 5) is 0. The predicted octanol–water partition coefficient (Wildman–Crippen LogP) is 3.42. The van der Waals surface area contributed by atoms with Crippen molar-refractivity contribution in [2.45, 2.75) is 52.2 Å². The molecule has 1 nitrogen and oxygen atoms in total. The zero-order valence-electron chi connectivity index (χ0n) is 8.77. The third-order valence-corrected chi connectivity index (χ3v) is 8.24. The van der Waals surface area contributed by atoms with Gasteiger partial charge in [-0.2, -0.15) is 0 Å². The third kappa shape index (κ3) is 2.60. The summed E-state index contributed by atoms with van der Waals surface area (Å²) in [6, 6.07) is 0. The minimum absolute atomic E-state index is 0.724. The van der Waals surface area contributed by atoms with Crippen LogP contribution in [-0.2, 0) is 4.43 Å². The molecule has 0 rings (SSSR count). The molecule has 0 radical (unpaired) electrons. The molecule has 11 heavy (non-hydrogen) atoms. The first-order valence-electron chi connectivity index (χ1n) is 4.59. The molecule has 0 aliphatic carbocycles. The van der Waals surface area contributed by atoms with Crippen LogP contribution >= 0.6 is 0 Å². The van der Waals surface area contributed by atoms with Crippen LogP contribution in [0.3, 0.4) is 0 Å². The lowest BCUT2D eigenvalue weighted by molar-refractivity contribution is 0.310. The average Bonchev–Trinajstić information content (AvgIpc) is 1.87. The van der Waals surface area contributed by atoms with E-state index in [1.165, 1.54) is 0 Å². The van der Waals surface area contributed by atoms with Gasteiger partial charge in [0.1, 0.15) is 0 Å². The molecule has 0 aliphatic heterocycles. The normalized spacial score (nSPS) is 13.1. The van der Waals surface area contributed by atoms with Gasteiger partial charge in [0.2, 0.25) is 0 Å². The van der Waals surface area contributed by atoms with Gasteiger partial charge >= 0.3 is 0 Å². The minimum atomic E-state index is -1.40. The molecule has 0 saturated carbocycles. The van der Waals surface area contributed by atoms with E-state index < -0.39 is 8.32 Å². The summed E-state index contributed by atoms with van der Waals surface area (Å²) in [6.45, 7) is 14.4. The molecule has 0 bridgehead atoms. The van der Waals surface area contributed by atoms with Gasteiger partial charge in [0.05, 0.1) is 0 Å². The fraction of sp³-hybridized carbons (Fsp3) is 1.00. The van der Waals surface area contributed by atoms with E-state index in [1.54, 1.807) is 0 Å². The number of hydrogen-bond acceptors (Lipinski definition) is 1. The summed E-state index contributed by atoms with van der Waals surface area (Å²) in [5.41, 5.74) is 1.45. The molecular formula is C9H22OSi. The second kappa shape index (κ2) is 4.26. The van der Waals surface area contributed by atoms with Gasteiger partial charge in [-0.15, -0.1) is 0 Å². The molecule has 0 aromatic rings. The van der Waals surface area contributed by atoms with Crippen molar-refractivity contribution >= 4 is 8.32 Å². The fourth-order valence-electron chi connectivity index (χ4n) is 1.31. The largest absolute Gasteiger partial charge is 0.417 e. The summed E-state index contributed by atoms with van der Waals surface area (Å²) in [6.07, 6.45) is 0. The van der Waals surface area contributed by atoms with E-state index >= 15 is 0 Å². The molecular weight excluding hydrogens is 152 g/mol. The van der Waals surface area contributed by atoms with Crippen LogP contribution in [0, 0.1) is 0 Å². The van der Waals surface area contributed by atoms with Crippen molar-refractivity contribution in [2.24, 2.45) is 0 Å². The van der Waals surface area contributed by atoms with Gasteiger partial charge in [0.15, 0.2) is 8.32 Å². The first-order valence-corrected chi connectivity index (χ1v) is 7.15. The smallest absolute Gasteiger partial charge is 0.194 e. The van der Waals surface area contributed by atoms with Gasteiger partial charge in [-0.25, -0.2) is 0 Å². The van der Waals surface area contributed by atoms with Gasteiger partial charge in [0, 0.05) is 6.61 Å². The number of hydrogen-bond donors (Lipinski definition) is 0. The lowest BCUT2D eigenvalue weighted by atomic mass is 10.5. The van der Waals surface area contributed by atoms with Gasteiger partial charge in [-0.1, -0.05) is 27.7 Å². The molecule has 0 saturated heterocycles. The highest BCUT2D eigenvalue weighted by molar-refractivity contribution is 6.75. The summed E-state index contributed by atoms with van der Waals surface area (Å²) in [5, 5.41) is 0. The Morgan fingerprint density at radius 3 is 1.55 bits per heavy atom. The molecule has 68 valence electrons. The van der Waals surface area contributed by atoms with Crippen LogP contribution < -0.4 is 0 Å². The van der Waals surface area contributed by atoms with Crippen molar-refractivity contribution in [2.75, 3.05) is 6.61 Å². The Morgan fingerprint density at radius 2 is 1.45 bits per heavy atom. The van der Waals surface area contributed by atoms with Crippen LogP contribution in [0.1, 0.15) is 34.6 Å². The van der Waals surface area contributed by atoms with E-state index in [-0.39, 0.29) is 0 Å². The summed E-state index contributed by atoms with van der Waals surface area (Å²) in [7, 11) is -1.40. The Balaban J connectivity index is 4.26. The fourth-order valence-corrected chi connectivity index (χ4v) is 3.93. The van der Waals surface area contributed by atoms with E-state index in [4.69, 9.17) is 4.43 Å². The maximum absolute atomic E-state index is 5.89. The van der Waals surface area contributed by atoms with Gasteiger partial charge < -0.3 is 4.43 Å². The monoisotopic (exact) mass is 174 g/mol. The molecule has 0 atom stereocenters. The highest BCUT2D eigenvalue weighted by Gasteiger charge is 2.35. The Morgan fingerprint density at radius 1 is 1.09 bits per heavy atom. The van der Waals surface area contributed by atoms with E-state index in [9.17, 15) is 0 Å². The molecule has 0 fully saturated rings. The van der Waals surface area contributed by atoms with Crippen molar-refractivity contribution in [3.8, 4) is 0 Å². The maximum atomic E-state index is 5.89. The number of rotatable bonds is 4. The zero-order chi connectivity index (χ0) is 9.07. The SMILES string of the molecule is CCO[Si](C)(C(C)C)C(C)C. The first kappa shape index (κ1) is 11.2. The molecule has 0 aromatic carbocycles. The van der Waals surface area contributed by atoms with E-state index in [1.807, 2.05) is 0 Å². The molecule has 2 heteroatoms. The third-order valence-electron chi connectivity index (χ3n) is 2.75. The van der Waals surface area contributed by atoms with Crippen LogP contribution in [-0.4, -0.2) is 14.9 Å². The second-order valence-corrected chi connectivity index (χ2v) is 8.89. The van der Waals surface area contributed by atoms with Crippen LogP contribution in [0.15, 0.2) is 0 Å². The van der Waals surface area contributed by atoms with Gasteiger partial charge in [0.25, 0.3) is 0 Å². The Bertz CT molecular complexity index is 102. The summed E-state index contributed by atoms with van der Waals surface area (Å²) in [5.74, 6) is 0. The van der Waals surface area contributed by atoms with Crippen molar-refractivity contribution in [3.05, 3.63) is 0 Å². The van der Waals surface area contributed by atoms with Crippen molar-refractivity contribution in [3.63, 3.8) is 0 Å². The van der Waals surface area contributed by atoms with E-state index in [2.05, 4.69) is 41.2 Å². The quantitative estimate of drug-likeness (QED) is 0.593. The van der Waals surface area contributed by atoms with Gasteiger partial charge in [-0.05, 0) is 24.6 Å². The average molecular weight is 174 g/mol. The molecule has 0 N–H and O–H groups in total. The topological polar surface area (TPSA) is 9.23 Å². The molecule has 0 spiro atoms. The highest BCUT2D eigenvalue weighted by atomic mass is 28.4. The van der Waals surface area contributed by atoms with Crippen LogP contribution in [0.5, 0.6) is 0 Å². The maximum Gasteiger partial charge on any atom is 0.194 e. The molecule has 0 aliphatic rings. The lowest BCUT2D eigenvalue weighted by Gasteiger charge is -2.34. The Hall–Kier alpha value is 0.177. The summed E-state index contributed by atoms with van der Waals surface area (Å²) >= 11 is 0. The van der Waals surface area contributed by atoms with Crippen molar-refractivity contribution < 1.29 is 4.43 Å². The standard InChI is InChI=1S/C9H22OSi/c1-7-10-11(6,8(2)3)9(4)5/h8-9H,7H2,1-6H3. The minimum Gasteiger partial charge on any atom is -0.417 e. The van der Waals surface area contributed by atoms with Crippen LogP contribution in [0.4, 0.5) is 0 Å². The van der Waals surface area contributed by atoms with E-state index in [0.717, 1.165) is 17.7 Å². The molecule has 0 aromatic heterocycles. The van der Waals surface area contributed by atoms with Gasteiger partial charge in [-0.3, -0.25) is 0 Å². The van der Waals surface area contributed by atoms with Crippen LogP contribution in [0.25, 0.3) is 0 Å². The second-order valence-electron chi connectivity index (χ2n) is 3.93. The highest BCUT2D eigenvalue weighted by Crippen LogP contribution is 2.32. The molecule has 0 amide bonds. The lowest BCUT2D eigenvalue weighted by Crippen LogP contribution is -2.41. The Kier molecular flexibility index (Phi) is 4.33. The first-order chi connectivity index (χ1) is 4.95. The van der Waals surface area contributed by atoms with E-state index in [0.29, 0.717) is 0 Å². The predicted molar refractivity (Wildman–Crippen MR) is 53.4 cm³/mol. The Labute approximate surface area is 72.3 Å². The van der Waals surface area contributed by atoms with Crippen LogP contribution in [0.2, 0.25) is 17.6 Å². The molecule has 0 unspecified atom stereocenters. The summed E-state index contributed by atoms with van der Waals surface area (Å²) < 4.78 is 5.89. The zero-order valence-corrected chi connectivity index (χ0v) is 9.77.